The maximum atomic E-state index is 5.98. The number of para-hydroxylation sites is 1. The van der Waals surface area contributed by atoms with Crippen molar-refractivity contribution in [3.8, 4) is 5.75 Å². The molecule has 0 aromatic heterocycles. The number of nitrogens with zero attached hydrogens (tertiary/aromatic N) is 2. The lowest BCUT2D eigenvalue weighted by molar-refractivity contribution is 0.396. The van der Waals surface area contributed by atoms with Crippen LogP contribution in [-0.2, 0) is 6.54 Å². The van der Waals surface area contributed by atoms with Crippen LogP contribution in [0.3, 0.4) is 0 Å². The summed E-state index contributed by atoms with van der Waals surface area (Å²) in [4.78, 5) is 6.36. The highest BCUT2D eigenvalue weighted by Crippen LogP contribution is 2.18. The Morgan fingerprint density at radius 1 is 1.33 bits per heavy atom. The van der Waals surface area contributed by atoms with Gasteiger partial charge in [-0.1, -0.05) is 18.2 Å². The molecular formula is C14H23N3O. The monoisotopic (exact) mass is 249 g/mol. The van der Waals surface area contributed by atoms with Crippen LogP contribution in [-0.4, -0.2) is 30.6 Å². The Labute approximate surface area is 109 Å². The fourth-order valence-corrected chi connectivity index (χ4v) is 1.60. The van der Waals surface area contributed by atoms with Gasteiger partial charge in [-0.25, -0.2) is 4.99 Å². The van der Waals surface area contributed by atoms with Gasteiger partial charge in [0, 0.05) is 19.2 Å². The lowest BCUT2D eigenvalue weighted by Gasteiger charge is -2.22. The first-order chi connectivity index (χ1) is 8.33. The third-order valence-electron chi connectivity index (χ3n) is 2.44. The zero-order valence-electron chi connectivity index (χ0n) is 11.9. The van der Waals surface area contributed by atoms with Gasteiger partial charge in [0.1, 0.15) is 5.75 Å². The van der Waals surface area contributed by atoms with E-state index in [4.69, 9.17) is 10.5 Å². The van der Waals surface area contributed by atoms with Gasteiger partial charge in [-0.05, 0) is 26.8 Å². The lowest BCUT2D eigenvalue weighted by Crippen LogP contribution is -2.36. The first-order valence-electron chi connectivity index (χ1n) is 6.02. The maximum Gasteiger partial charge on any atom is 0.191 e. The Balaban J connectivity index is 2.81. The van der Waals surface area contributed by atoms with Gasteiger partial charge in [-0.15, -0.1) is 0 Å². The molecule has 4 heteroatoms. The molecule has 0 bridgehead atoms. The minimum Gasteiger partial charge on any atom is -0.496 e. The van der Waals surface area contributed by atoms with Gasteiger partial charge in [0.25, 0.3) is 0 Å². The number of hydrogen-bond donors (Lipinski definition) is 1. The summed E-state index contributed by atoms with van der Waals surface area (Å²) in [7, 11) is 3.60. The van der Waals surface area contributed by atoms with E-state index in [0.717, 1.165) is 11.3 Å². The fourth-order valence-electron chi connectivity index (χ4n) is 1.60. The molecule has 0 fully saturated rings. The minimum absolute atomic E-state index is 0.168. The van der Waals surface area contributed by atoms with Gasteiger partial charge in [-0.3, -0.25) is 0 Å². The zero-order chi connectivity index (χ0) is 13.8. The molecule has 1 rings (SSSR count). The normalized spacial score (nSPS) is 12.4. The van der Waals surface area contributed by atoms with E-state index in [2.05, 4.69) is 4.99 Å². The Kier molecular flexibility index (Phi) is 4.59. The summed E-state index contributed by atoms with van der Waals surface area (Å²) in [6, 6.07) is 7.91. The molecule has 0 amide bonds. The highest BCUT2D eigenvalue weighted by atomic mass is 16.5. The highest BCUT2D eigenvalue weighted by molar-refractivity contribution is 5.78. The van der Waals surface area contributed by atoms with Crippen LogP contribution in [0, 0.1) is 0 Å². The van der Waals surface area contributed by atoms with Gasteiger partial charge in [-0.2, -0.15) is 0 Å². The molecule has 0 aliphatic rings. The molecule has 4 nitrogen and oxygen atoms in total. The molecule has 100 valence electrons. The van der Waals surface area contributed by atoms with Crippen LogP contribution in [0.2, 0.25) is 0 Å². The second-order valence-electron chi connectivity index (χ2n) is 5.31. The van der Waals surface area contributed by atoms with Crippen LogP contribution in [0.25, 0.3) is 0 Å². The number of benzene rings is 1. The van der Waals surface area contributed by atoms with Crippen molar-refractivity contribution >= 4 is 5.96 Å². The van der Waals surface area contributed by atoms with Gasteiger partial charge in [0.05, 0.1) is 12.6 Å². The predicted molar refractivity (Wildman–Crippen MR) is 75.8 cm³/mol. The Morgan fingerprint density at radius 3 is 2.50 bits per heavy atom. The first kappa shape index (κ1) is 14.4. The van der Waals surface area contributed by atoms with Crippen molar-refractivity contribution in [1.82, 2.24) is 4.90 Å². The molecule has 0 aliphatic carbocycles. The lowest BCUT2D eigenvalue weighted by atomic mass is 10.1. The van der Waals surface area contributed by atoms with Crippen molar-refractivity contribution < 1.29 is 4.74 Å². The summed E-state index contributed by atoms with van der Waals surface area (Å²) in [5.41, 5.74) is 6.90. The third kappa shape index (κ3) is 4.28. The first-order valence-corrected chi connectivity index (χ1v) is 6.02. The summed E-state index contributed by atoms with van der Waals surface area (Å²) < 4.78 is 5.32. The van der Waals surface area contributed by atoms with E-state index in [0.29, 0.717) is 12.5 Å². The summed E-state index contributed by atoms with van der Waals surface area (Å²) in [5.74, 6) is 1.40. The zero-order valence-corrected chi connectivity index (χ0v) is 11.9. The molecule has 2 N–H and O–H groups in total. The molecule has 0 unspecified atom stereocenters. The summed E-state index contributed by atoms with van der Waals surface area (Å²) in [6.07, 6.45) is 0. The number of methoxy groups -OCH3 is 1. The van der Waals surface area contributed by atoms with Crippen LogP contribution in [0.1, 0.15) is 26.3 Å². The number of guanidine groups is 1. The third-order valence-corrected chi connectivity index (χ3v) is 2.44. The largest absolute Gasteiger partial charge is 0.496 e. The molecule has 0 saturated heterocycles. The number of ether oxygens (including phenoxy) is 1. The quantitative estimate of drug-likeness (QED) is 0.660. The summed E-state index contributed by atoms with van der Waals surface area (Å²) in [5, 5.41) is 0. The Hall–Kier alpha value is -1.71. The van der Waals surface area contributed by atoms with Crippen LogP contribution in [0.15, 0.2) is 29.3 Å². The van der Waals surface area contributed by atoms with E-state index in [9.17, 15) is 0 Å². The maximum absolute atomic E-state index is 5.98. The van der Waals surface area contributed by atoms with Crippen molar-refractivity contribution in [3.63, 3.8) is 0 Å². The smallest absolute Gasteiger partial charge is 0.191 e. The molecule has 0 radical (unpaired) electrons. The average Bonchev–Trinajstić information content (AvgIpc) is 2.27. The van der Waals surface area contributed by atoms with Crippen molar-refractivity contribution in [2.45, 2.75) is 32.9 Å². The van der Waals surface area contributed by atoms with Crippen molar-refractivity contribution in [2.24, 2.45) is 10.7 Å². The molecule has 1 aromatic rings. The standard InChI is InChI=1S/C14H23N3O/c1-14(2,3)16-13(15)17(4)10-11-8-6-7-9-12(11)18-5/h6-9H,10H2,1-5H3,(H2,15,16). The molecule has 0 atom stereocenters. The van der Waals surface area contributed by atoms with Crippen molar-refractivity contribution in [2.75, 3.05) is 14.2 Å². The average molecular weight is 249 g/mol. The molecule has 0 saturated carbocycles. The topological polar surface area (TPSA) is 50.9 Å². The molecule has 0 spiro atoms. The van der Waals surface area contributed by atoms with E-state index >= 15 is 0 Å². The van der Waals surface area contributed by atoms with Crippen LogP contribution >= 0.6 is 0 Å². The van der Waals surface area contributed by atoms with Gasteiger partial charge in [0.15, 0.2) is 5.96 Å². The summed E-state index contributed by atoms with van der Waals surface area (Å²) in [6.45, 7) is 6.75. The van der Waals surface area contributed by atoms with E-state index < -0.39 is 0 Å². The van der Waals surface area contributed by atoms with Crippen LogP contribution in [0.5, 0.6) is 5.75 Å². The van der Waals surface area contributed by atoms with Crippen LogP contribution < -0.4 is 10.5 Å². The molecule has 18 heavy (non-hydrogen) atoms. The van der Waals surface area contributed by atoms with Gasteiger partial charge in [0.2, 0.25) is 0 Å². The highest BCUT2D eigenvalue weighted by Gasteiger charge is 2.12. The number of aliphatic imine (C=N–C) groups is 1. The van der Waals surface area contributed by atoms with Crippen LogP contribution in [0.4, 0.5) is 0 Å². The second kappa shape index (κ2) is 5.76. The van der Waals surface area contributed by atoms with Crippen molar-refractivity contribution in [1.29, 1.82) is 0 Å². The van der Waals surface area contributed by atoms with Gasteiger partial charge < -0.3 is 15.4 Å². The van der Waals surface area contributed by atoms with E-state index in [1.165, 1.54) is 0 Å². The number of nitrogens with two attached hydrogens (primary N) is 1. The summed E-state index contributed by atoms with van der Waals surface area (Å²) >= 11 is 0. The van der Waals surface area contributed by atoms with Gasteiger partial charge >= 0.3 is 0 Å². The van der Waals surface area contributed by atoms with E-state index in [1.807, 2.05) is 57.0 Å². The van der Waals surface area contributed by atoms with E-state index in [1.54, 1.807) is 7.11 Å². The molecule has 0 aliphatic heterocycles. The molecule has 1 aromatic carbocycles. The SMILES string of the molecule is COc1ccccc1CN(C)C(N)=NC(C)(C)C. The molecule has 0 heterocycles. The Morgan fingerprint density at radius 2 is 1.94 bits per heavy atom. The molecular weight excluding hydrogens is 226 g/mol. The Bertz CT molecular complexity index is 421. The van der Waals surface area contributed by atoms with Crippen molar-refractivity contribution in [3.05, 3.63) is 29.8 Å². The van der Waals surface area contributed by atoms with E-state index in [-0.39, 0.29) is 5.54 Å². The number of rotatable bonds is 3. The minimum atomic E-state index is -0.168. The number of hydrogen-bond acceptors (Lipinski definition) is 2. The predicted octanol–water partition coefficient (Wildman–Crippen LogP) is 2.24. The fraction of sp³-hybridized carbons (Fsp3) is 0.500. The second-order valence-corrected chi connectivity index (χ2v) is 5.31.